The van der Waals surface area contributed by atoms with Crippen LogP contribution in [0.5, 0.6) is 0 Å². The van der Waals surface area contributed by atoms with Crippen molar-refractivity contribution in [2.75, 3.05) is 10.2 Å². The van der Waals surface area contributed by atoms with Crippen LogP contribution in [0.4, 0.5) is 24.5 Å². The van der Waals surface area contributed by atoms with Crippen LogP contribution in [0.1, 0.15) is 49.4 Å². The van der Waals surface area contributed by atoms with Gasteiger partial charge in [0.1, 0.15) is 5.82 Å². The van der Waals surface area contributed by atoms with Crippen LogP contribution in [0.2, 0.25) is 0 Å². The molecule has 1 aliphatic heterocycles. The maximum atomic E-state index is 13.4. The van der Waals surface area contributed by atoms with Gasteiger partial charge in [0.05, 0.1) is 17.3 Å². The average Bonchev–Trinajstić information content (AvgIpc) is 2.67. The SMILES string of the molecule is C=C(CC)CC1c2cccc(P)c2NC(=C)N1c1cc(C(F)(F)F)ccc1CC. The Morgan fingerprint density at radius 1 is 1.21 bits per heavy atom. The molecule has 0 aromatic heterocycles. The number of hydrogen-bond acceptors (Lipinski definition) is 2. The Morgan fingerprint density at radius 2 is 1.93 bits per heavy atom. The molecule has 1 N–H and O–H groups in total. The minimum atomic E-state index is -4.40. The second kappa shape index (κ2) is 8.23. The van der Waals surface area contributed by atoms with Crippen molar-refractivity contribution in [2.45, 2.75) is 45.3 Å². The normalized spacial score (nSPS) is 16.4. The molecule has 2 unspecified atom stereocenters. The van der Waals surface area contributed by atoms with Gasteiger partial charge in [-0.05, 0) is 47.8 Å². The van der Waals surface area contributed by atoms with Crippen molar-refractivity contribution in [2.24, 2.45) is 0 Å². The third-order valence-electron chi connectivity index (χ3n) is 5.39. The summed E-state index contributed by atoms with van der Waals surface area (Å²) in [7, 11) is 2.71. The summed E-state index contributed by atoms with van der Waals surface area (Å²) in [4.78, 5) is 1.90. The number of aryl methyl sites for hydroxylation is 1. The molecule has 2 aromatic carbocycles. The molecule has 2 aromatic rings. The van der Waals surface area contributed by atoms with Gasteiger partial charge in [-0.1, -0.05) is 56.8 Å². The highest BCUT2D eigenvalue weighted by Gasteiger charge is 2.35. The van der Waals surface area contributed by atoms with Crippen molar-refractivity contribution in [3.63, 3.8) is 0 Å². The molecule has 2 atom stereocenters. The fourth-order valence-electron chi connectivity index (χ4n) is 3.74. The van der Waals surface area contributed by atoms with Crippen LogP contribution >= 0.6 is 9.24 Å². The van der Waals surface area contributed by atoms with Gasteiger partial charge in [0.25, 0.3) is 0 Å². The predicted molar refractivity (Wildman–Crippen MR) is 119 cm³/mol. The summed E-state index contributed by atoms with van der Waals surface area (Å²) in [6.45, 7) is 12.3. The Balaban J connectivity index is 2.21. The highest BCUT2D eigenvalue weighted by atomic mass is 31.0. The largest absolute Gasteiger partial charge is 0.416 e. The Morgan fingerprint density at radius 3 is 2.55 bits per heavy atom. The molecule has 0 fully saturated rings. The zero-order chi connectivity index (χ0) is 21.3. The van der Waals surface area contributed by atoms with E-state index in [1.54, 1.807) is 6.07 Å². The summed E-state index contributed by atoms with van der Waals surface area (Å²) in [5.41, 5.74) is 3.74. The quantitative estimate of drug-likeness (QED) is 0.436. The van der Waals surface area contributed by atoms with Crippen LogP contribution in [-0.4, -0.2) is 0 Å². The van der Waals surface area contributed by atoms with Gasteiger partial charge in [-0.15, -0.1) is 9.24 Å². The molecule has 0 amide bonds. The maximum Gasteiger partial charge on any atom is 0.416 e. The van der Waals surface area contributed by atoms with Crippen molar-refractivity contribution in [3.05, 3.63) is 77.6 Å². The Labute approximate surface area is 172 Å². The number of alkyl halides is 3. The number of benzene rings is 2. The number of nitrogens with zero attached hydrogens (tertiary/aromatic N) is 1. The lowest BCUT2D eigenvalue weighted by molar-refractivity contribution is -0.137. The lowest BCUT2D eigenvalue weighted by Crippen LogP contribution is -2.38. The van der Waals surface area contributed by atoms with Gasteiger partial charge in [-0.2, -0.15) is 13.2 Å². The molecule has 0 spiro atoms. The number of halogens is 3. The van der Waals surface area contributed by atoms with E-state index >= 15 is 0 Å². The molecule has 2 nitrogen and oxygen atoms in total. The fraction of sp³-hybridized carbons (Fsp3) is 0.304. The zero-order valence-corrected chi connectivity index (χ0v) is 17.9. The molecule has 154 valence electrons. The third kappa shape index (κ3) is 4.20. The van der Waals surface area contributed by atoms with Crippen molar-refractivity contribution in [1.82, 2.24) is 0 Å². The highest BCUT2D eigenvalue weighted by molar-refractivity contribution is 7.28. The van der Waals surface area contributed by atoms with Gasteiger partial charge in [-0.25, -0.2) is 0 Å². The molecule has 6 heteroatoms. The maximum absolute atomic E-state index is 13.4. The lowest BCUT2D eigenvalue weighted by atomic mass is 9.92. The standard InChI is InChI=1S/C23H26F3N2P/c1-5-14(3)12-20-18-8-7-9-21(29)22(18)27-15(4)28(20)19-13-17(23(24,25)26)11-10-16(19)6-2/h7-11,13,20,27H,3-6,12,29H2,1-2H3. The second-order valence-electron chi connectivity index (χ2n) is 7.27. The number of anilines is 2. The van der Waals surface area contributed by atoms with Crippen molar-refractivity contribution in [3.8, 4) is 0 Å². The molecule has 0 saturated heterocycles. The Kier molecular flexibility index (Phi) is 6.09. The van der Waals surface area contributed by atoms with E-state index in [1.165, 1.54) is 6.07 Å². The first kappa shape index (κ1) is 21.4. The monoisotopic (exact) mass is 418 g/mol. The lowest BCUT2D eigenvalue weighted by Gasteiger charge is -2.42. The van der Waals surface area contributed by atoms with Crippen molar-refractivity contribution in [1.29, 1.82) is 0 Å². The Bertz CT molecular complexity index is 950. The number of nitrogens with one attached hydrogen (secondary N) is 1. The summed E-state index contributed by atoms with van der Waals surface area (Å²) < 4.78 is 40.3. The molecule has 3 rings (SSSR count). The second-order valence-corrected chi connectivity index (χ2v) is 7.89. The zero-order valence-electron chi connectivity index (χ0n) is 16.7. The third-order valence-corrected chi connectivity index (χ3v) is 5.88. The number of rotatable bonds is 5. The fourth-order valence-corrected chi connectivity index (χ4v) is 4.09. The van der Waals surface area contributed by atoms with Gasteiger partial charge < -0.3 is 10.2 Å². The first-order chi connectivity index (χ1) is 13.7. The van der Waals surface area contributed by atoms with E-state index in [0.29, 0.717) is 24.4 Å². The van der Waals surface area contributed by atoms with E-state index in [4.69, 9.17) is 0 Å². The first-order valence-electron chi connectivity index (χ1n) is 9.67. The number of hydrogen-bond donors (Lipinski definition) is 1. The molecular weight excluding hydrogens is 392 g/mol. The van der Waals surface area contributed by atoms with E-state index in [9.17, 15) is 13.2 Å². The van der Waals surface area contributed by atoms with Crippen LogP contribution in [0.3, 0.4) is 0 Å². The first-order valence-corrected chi connectivity index (χ1v) is 10.2. The topological polar surface area (TPSA) is 15.3 Å². The summed E-state index contributed by atoms with van der Waals surface area (Å²) in [6.07, 6.45) is -2.34. The summed E-state index contributed by atoms with van der Waals surface area (Å²) in [5, 5.41) is 4.30. The average molecular weight is 418 g/mol. The smallest absolute Gasteiger partial charge is 0.341 e. The van der Waals surface area contributed by atoms with Crippen LogP contribution in [0.25, 0.3) is 0 Å². The molecule has 0 radical (unpaired) electrons. The van der Waals surface area contributed by atoms with Crippen molar-refractivity contribution < 1.29 is 13.2 Å². The molecule has 0 bridgehead atoms. The van der Waals surface area contributed by atoms with Crippen LogP contribution in [0, 0.1) is 0 Å². The van der Waals surface area contributed by atoms with E-state index in [2.05, 4.69) is 27.7 Å². The number of para-hydroxylation sites is 1. The minimum absolute atomic E-state index is 0.180. The van der Waals surface area contributed by atoms with Crippen LogP contribution < -0.4 is 15.5 Å². The van der Waals surface area contributed by atoms with Gasteiger partial charge >= 0.3 is 6.18 Å². The van der Waals surface area contributed by atoms with Crippen LogP contribution in [0.15, 0.2) is 61.0 Å². The summed E-state index contributed by atoms with van der Waals surface area (Å²) in [5.74, 6) is 0.565. The van der Waals surface area contributed by atoms with E-state index in [0.717, 1.165) is 40.2 Å². The Hall–Kier alpha value is -2.26. The highest BCUT2D eigenvalue weighted by Crippen LogP contribution is 2.44. The predicted octanol–water partition coefficient (Wildman–Crippen LogP) is 6.57. The summed E-state index contributed by atoms with van der Waals surface area (Å²) in [6, 6.07) is 9.73. The molecule has 1 aliphatic rings. The molecule has 29 heavy (non-hydrogen) atoms. The van der Waals surface area contributed by atoms with E-state index in [-0.39, 0.29) is 6.04 Å². The van der Waals surface area contributed by atoms with Gasteiger partial charge in [0, 0.05) is 5.69 Å². The van der Waals surface area contributed by atoms with E-state index < -0.39 is 11.7 Å². The minimum Gasteiger partial charge on any atom is -0.341 e. The molecule has 1 heterocycles. The molecule has 0 aliphatic carbocycles. The van der Waals surface area contributed by atoms with Crippen LogP contribution in [-0.2, 0) is 12.6 Å². The van der Waals surface area contributed by atoms with E-state index in [1.807, 2.05) is 36.9 Å². The number of fused-ring (bicyclic) bond motifs is 1. The van der Waals surface area contributed by atoms with Crippen molar-refractivity contribution >= 4 is 25.9 Å². The summed E-state index contributed by atoms with van der Waals surface area (Å²) >= 11 is 0. The molecule has 0 saturated carbocycles. The van der Waals surface area contributed by atoms with Gasteiger partial charge in [0.15, 0.2) is 0 Å². The molecular formula is C23H26F3N2P. The van der Waals surface area contributed by atoms with Gasteiger partial charge in [0.2, 0.25) is 0 Å². The van der Waals surface area contributed by atoms with Gasteiger partial charge in [-0.3, -0.25) is 0 Å².